The van der Waals surface area contributed by atoms with Gasteiger partial charge in [0.05, 0.1) is 15.2 Å². The summed E-state index contributed by atoms with van der Waals surface area (Å²) in [6.45, 7) is 0. The Morgan fingerprint density at radius 1 is 1.28 bits per heavy atom. The molecule has 1 aromatic heterocycles. The van der Waals surface area contributed by atoms with Gasteiger partial charge < -0.3 is 10.4 Å². The zero-order valence-electron chi connectivity index (χ0n) is 9.02. The minimum atomic E-state index is -1.07. The molecule has 2 rings (SSSR count). The van der Waals surface area contributed by atoms with E-state index in [-0.39, 0.29) is 5.69 Å². The third kappa shape index (κ3) is 2.80. The van der Waals surface area contributed by atoms with E-state index in [1.807, 2.05) is 6.07 Å². The van der Waals surface area contributed by atoms with E-state index in [4.69, 9.17) is 16.7 Å². The van der Waals surface area contributed by atoms with Crippen LogP contribution in [0.4, 0.5) is 11.5 Å². The van der Waals surface area contributed by atoms with Crippen molar-refractivity contribution in [2.75, 3.05) is 5.32 Å². The van der Waals surface area contributed by atoms with Crippen molar-refractivity contribution < 1.29 is 9.90 Å². The molecule has 0 radical (unpaired) electrons. The number of hydrogen-bond acceptors (Lipinski definition) is 3. The van der Waals surface area contributed by atoms with E-state index in [9.17, 15) is 4.79 Å². The fourth-order valence-electron chi connectivity index (χ4n) is 1.36. The molecule has 1 aromatic carbocycles. The number of nitrogens with zero attached hydrogens (tertiary/aromatic N) is 1. The van der Waals surface area contributed by atoms with E-state index in [1.165, 1.54) is 6.07 Å². The first-order chi connectivity index (χ1) is 8.58. The number of anilines is 2. The Balaban J connectivity index is 2.31. The predicted octanol–water partition coefficient (Wildman–Crippen LogP) is 3.94. The first-order valence-electron chi connectivity index (χ1n) is 4.99. The van der Waals surface area contributed by atoms with Gasteiger partial charge in [-0.25, -0.2) is 9.78 Å². The van der Waals surface area contributed by atoms with Crippen molar-refractivity contribution in [2.45, 2.75) is 0 Å². The molecule has 0 atom stereocenters. The number of benzene rings is 1. The number of aromatic nitrogens is 1. The second kappa shape index (κ2) is 5.37. The summed E-state index contributed by atoms with van der Waals surface area (Å²) in [5.41, 5.74) is 0.704. The quantitative estimate of drug-likeness (QED) is 0.896. The maximum atomic E-state index is 10.8. The lowest BCUT2D eigenvalue weighted by Crippen LogP contribution is -2.02. The van der Waals surface area contributed by atoms with Gasteiger partial charge in [0.15, 0.2) is 5.69 Å². The maximum absolute atomic E-state index is 10.8. The molecular formula is C12H8BrClN2O2. The van der Waals surface area contributed by atoms with E-state index in [0.29, 0.717) is 15.3 Å². The largest absolute Gasteiger partial charge is 0.477 e. The molecule has 0 aliphatic rings. The lowest BCUT2D eigenvalue weighted by molar-refractivity contribution is 0.0690. The van der Waals surface area contributed by atoms with Crippen LogP contribution in [0.15, 0.2) is 40.9 Å². The Morgan fingerprint density at radius 2 is 2.00 bits per heavy atom. The van der Waals surface area contributed by atoms with Crippen LogP contribution < -0.4 is 5.32 Å². The van der Waals surface area contributed by atoms with Crippen LogP contribution in [0, 0.1) is 0 Å². The smallest absolute Gasteiger partial charge is 0.354 e. The lowest BCUT2D eigenvalue weighted by atomic mass is 10.3. The second-order valence-corrected chi connectivity index (χ2v) is 4.64. The number of carboxylic acid groups (broad SMARTS) is 1. The van der Waals surface area contributed by atoms with Gasteiger partial charge in [-0.3, -0.25) is 0 Å². The van der Waals surface area contributed by atoms with Crippen LogP contribution in [0.5, 0.6) is 0 Å². The van der Waals surface area contributed by atoms with Crippen molar-refractivity contribution in [3.8, 4) is 0 Å². The minimum Gasteiger partial charge on any atom is -0.477 e. The Bertz CT molecular complexity index is 604. The SMILES string of the molecule is O=C(O)c1cccc(Nc2cccc(Cl)c2Br)n1. The van der Waals surface area contributed by atoms with Crippen LogP contribution in [0.2, 0.25) is 5.02 Å². The van der Waals surface area contributed by atoms with E-state index >= 15 is 0 Å². The van der Waals surface area contributed by atoms with Crippen molar-refractivity contribution in [1.29, 1.82) is 0 Å². The zero-order valence-corrected chi connectivity index (χ0v) is 11.4. The second-order valence-electron chi connectivity index (χ2n) is 3.44. The highest BCUT2D eigenvalue weighted by Crippen LogP contribution is 2.31. The molecule has 18 heavy (non-hydrogen) atoms. The van der Waals surface area contributed by atoms with Crippen molar-refractivity contribution in [3.63, 3.8) is 0 Å². The molecule has 92 valence electrons. The van der Waals surface area contributed by atoms with Crippen molar-refractivity contribution in [1.82, 2.24) is 4.98 Å². The van der Waals surface area contributed by atoms with E-state index in [1.54, 1.807) is 24.3 Å². The standard InChI is InChI=1S/C12H8BrClN2O2/c13-11-7(14)3-1-4-8(11)15-10-6-2-5-9(16-10)12(17)18/h1-6H,(H,15,16)(H,17,18). The Labute approximate surface area is 117 Å². The van der Waals surface area contributed by atoms with E-state index in [0.717, 1.165) is 5.69 Å². The number of carboxylic acids is 1. The van der Waals surface area contributed by atoms with Gasteiger partial charge in [0, 0.05) is 0 Å². The highest BCUT2D eigenvalue weighted by Gasteiger charge is 2.07. The van der Waals surface area contributed by atoms with Gasteiger partial charge in [-0.15, -0.1) is 0 Å². The third-order valence-electron chi connectivity index (χ3n) is 2.18. The Morgan fingerprint density at radius 3 is 2.72 bits per heavy atom. The first-order valence-corrected chi connectivity index (χ1v) is 6.16. The van der Waals surface area contributed by atoms with E-state index < -0.39 is 5.97 Å². The summed E-state index contributed by atoms with van der Waals surface area (Å²) < 4.78 is 0.703. The number of nitrogens with one attached hydrogen (secondary N) is 1. The summed E-state index contributed by atoms with van der Waals surface area (Å²) in [5, 5.41) is 12.4. The monoisotopic (exact) mass is 326 g/mol. The molecule has 0 aliphatic carbocycles. The molecule has 0 spiro atoms. The van der Waals surface area contributed by atoms with Gasteiger partial charge in [0.25, 0.3) is 0 Å². The number of carbonyl (C=O) groups is 1. The summed E-state index contributed by atoms with van der Waals surface area (Å²) >= 11 is 9.31. The molecule has 1 heterocycles. The van der Waals surface area contributed by atoms with Crippen LogP contribution in [0.3, 0.4) is 0 Å². The number of halogens is 2. The number of rotatable bonds is 3. The summed E-state index contributed by atoms with van der Waals surface area (Å²) in [7, 11) is 0. The molecule has 0 unspecified atom stereocenters. The van der Waals surface area contributed by atoms with Crippen molar-refractivity contribution in [2.24, 2.45) is 0 Å². The Kier molecular flexibility index (Phi) is 3.84. The minimum absolute atomic E-state index is 0.0156. The summed E-state index contributed by atoms with van der Waals surface area (Å²) in [4.78, 5) is 14.8. The number of hydrogen-bond donors (Lipinski definition) is 2. The molecule has 0 aliphatic heterocycles. The summed E-state index contributed by atoms with van der Waals surface area (Å²) in [6.07, 6.45) is 0. The van der Waals surface area contributed by atoms with Crippen LogP contribution in [-0.2, 0) is 0 Å². The summed E-state index contributed by atoms with van der Waals surface area (Å²) in [6, 6.07) is 10.1. The molecule has 0 saturated carbocycles. The van der Waals surface area contributed by atoms with Gasteiger partial charge in [-0.05, 0) is 40.2 Å². The van der Waals surface area contributed by atoms with Crippen LogP contribution in [0.25, 0.3) is 0 Å². The highest BCUT2D eigenvalue weighted by molar-refractivity contribution is 9.10. The summed E-state index contributed by atoms with van der Waals surface area (Å²) in [5.74, 6) is -0.623. The molecular weight excluding hydrogens is 320 g/mol. The molecule has 0 bridgehead atoms. The van der Waals surface area contributed by atoms with Crippen LogP contribution >= 0.6 is 27.5 Å². The van der Waals surface area contributed by atoms with Crippen molar-refractivity contribution in [3.05, 3.63) is 51.6 Å². The fourth-order valence-corrected chi connectivity index (χ4v) is 1.90. The van der Waals surface area contributed by atoms with Crippen molar-refractivity contribution >= 4 is 45.0 Å². The number of pyridine rings is 1. The highest BCUT2D eigenvalue weighted by atomic mass is 79.9. The topological polar surface area (TPSA) is 62.2 Å². The predicted molar refractivity (Wildman–Crippen MR) is 73.6 cm³/mol. The molecule has 2 N–H and O–H groups in total. The van der Waals surface area contributed by atoms with Gasteiger partial charge in [0.2, 0.25) is 0 Å². The molecule has 0 saturated heterocycles. The first kappa shape index (κ1) is 12.9. The molecule has 4 nitrogen and oxygen atoms in total. The molecule has 0 amide bonds. The molecule has 6 heteroatoms. The number of aromatic carboxylic acids is 1. The normalized spacial score (nSPS) is 10.1. The zero-order chi connectivity index (χ0) is 13.1. The fraction of sp³-hybridized carbons (Fsp3) is 0. The van der Waals surface area contributed by atoms with Gasteiger partial charge in [-0.1, -0.05) is 23.7 Å². The van der Waals surface area contributed by atoms with Gasteiger partial charge in [-0.2, -0.15) is 0 Å². The average molecular weight is 328 g/mol. The average Bonchev–Trinajstić information content (AvgIpc) is 2.35. The van der Waals surface area contributed by atoms with Crippen LogP contribution in [0.1, 0.15) is 10.5 Å². The molecule has 2 aromatic rings. The third-order valence-corrected chi connectivity index (χ3v) is 3.58. The maximum Gasteiger partial charge on any atom is 0.354 e. The lowest BCUT2D eigenvalue weighted by Gasteiger charge is -2.09. The van der Waals surface area contributed by atoms with Crippen LogP contribution in [-0.4, -0.2) is 16.1 Å². The van der Waals surface area contributed by atoms with Gasteiger partial charge in [0.1, 0.15) is 5.82 Å². The van der Waals surface area contributed by atoms with Gasteiger partial charge >= 0.3 is 5.97 Å². The molecule has 0 fully saturated rings. The van der Waals surface area contributed by atoms with E-state index in [2.05, 4.69) is 26.2 Å². The Hall–Kier alpha value is -1.59.